The van der Waals surface area contributed by atoms with Crippen LogP contribution < -0.4 is 11.4 Å². The number of ether oxygens (including phenoxy) is 1. The van der Waals surface area contributed by atoms with Gasteiger partial charge in [0.2, 0.25) is 5.67 Å². The molecule has 1 aliphatic rings. The third-order valence-corrected chi connectivity index (χ3v) is 7.84. The Morgan fingerprint density at radius 2 is 1.88 bits per heavy atom. The lowest BCUT2D eigenvalue weighted by Crippen LogP contribution is -2.46. The zero-order chi connectivity index (χ0) is 26.1. The summed E-state index contributed by atoms with van der Waals surface area (Å²) in [5, 5.41) is 10.4. The maximum Gasteiger partial charge on any atom is 0.490 e. The first-order valence-corrected chi connectivity index (χ1v) is 13.0. The van der Waals surface area contributed by atoms with Gasteiger partial charge in [-0.25, -0.2) is 32.1 Å². The Morgan fingerprint density at radius 3 is 2.41 bits per heavy atom. The number of hydrogen-bond acceptors (Lipinski definition) is 11. The van der Waals surface area contributed by atoms with E-state index in [4.69, 9.17) is 14.5 Å². The van der Waals surface area contributed by atoms with E-state index in [0.717, 1.165) is 6.92 Å². The third kappa shape index (κ3) is 6.95. The van der Waals surface area contributed by atoms with Crippen LogP contribution in [0.15, 0.2) is 15.9 Å². The first kappa shape index (κ1) is 28.6. The van der Waals surface area contributed by atoms with Crippen molar-refractivity contribution in [2.45, 2.75) is 37.1 Å². The monoisotopic (exact) mass is 557 g/mol. The third-order valence-electron chi connectivity index (χ3n) is 3.91. The van der Waals surface area contributed by atoms with Crippen LogP contribution in [0.5, 0.6) is 0 Å². The van der Waals surface area contributed by atoms with Crippen molar-refractivity contribution in [2.24, 2.45) is 0 Å². The fourth-order valence-corrected chi connectivity index (χ4v) is 5.94. The number of rotatable bonds is 8. The molecule has 0 spiro atoms. The Labute approximate surface area is 186 Å². The first-order chi connectivity index (χ1) is 15.4. The van der Waals surface area contributed by atoms with E-state index in [-0.39, 0.29) is 0 Å². The lowest BCUT2D eigenvalue weighted by Gasteiger charge is -2.25. The highest BCUT2D eigenvalue weighted by Gasteiger charge is 2.60. The van der Waals surface area contributed by atoms with Gasteiger partial charge in [-0.2, -0.15) is 13.6 Å². The number of phosphoric acid groups is 3. The molecule has 17 nitrogen and oxygen atoms in total. The van der Waals surface area contributed by atoms with E-state index >= 15 is 4.39 Å². The minimum Gasteiger partial charge on any atom is -0.386 e. The van der Waals surface area contributed by atoms with Gasteiger partial charge in [0.1, 0.15) is 25.2 Å². The molecule has 34 heavy (non-hydrogen) atoms. The standard InChI is InChI=1S/C12H16F2N3O14P3/c1-6(29-33(24,25)31-34(26,27)30-32(21,22)23)7-8(18)12(14,3-2-4-13)9(28-7)17-5-15-10(19)16-11(17)20/h5-9,18H,4H2,1H3,(H,24,25)(H,26,27)(H,16,19,20)(H2,21,22,23)/t6-,7+,8-,9+,12?/m0/s1. The highest BCUT2D eigenvalue weighted by molar-refractivity contribution is 7.66. The SMILES string of the molecule is C[C@H](OP(=O)(O)OP(=O)(O)OP(=O)(O)O)[C@H]1O[C@@H](n2cnc(=O)[nH]c2=O)C(F)(C#CCF)[C@H]1O. The van der Waals surface area contributed by atoms with E-state index in [2.05, 4.69) is 18.1 Å². The molecule has 7 atom stereocenters. The van der Waals surface area contributed by atoms with Gasteiger partial charge in [-0.1, -0.05) is 11.8 Å². The summed E-state index contributed by atoms with van der Waals surface area (Å²) < 4.78 is 79.3. The number of nitrogens with one attached hydrogen (secondary N) is 1. The van der Waals surface area contributed by atoms with Gasteiger partial charge in [0, 0.05) is 0 Å². The molecule has 1 aromatic heterocycles. The van der Waals surface area contributed by atoms with E-state index in [1.165, 1.54) is 0 Å². The second-order valence-electron chi connectivity index (χ2n) is 6.39. The summed E-state index contributed by atoms with van der Waals surface area (Å²) in [5.74, 6) is 3.39. The predicted octanol–water partition coefficient (Wildman–Crippen LogP) is -1.40. The second kappa shape index (κ2) is 10.2. The van der Waals surface area contributed by atoms with Crippen LogP contribution in [0.3, 0.4) is 0 Å². The van der Waals surface area contributed by atoms with E-state index in [1.807, 2.05) is 0 Å². The molecule has 6 N–H and O–H groups in total. The minimum atomic E-state index is -5.88. The molecule has 0 amide bonds. The summed E-state index contributed by atoms with van der Waals surface area (Å²) in [7, 11) is -17.3. The molecule has 3 unspecified atom stereocenters. The van der Waals surface area contributed by atoms with Crippen LogP contribution >= 0.6 is 23.5 Å². The van der Waals surface area contributed by atoms with Crippen LogP contribution in [0, 0.1) is 11.8 Å². The van der Waals surface area contributed by atoms with Crippen molar-refractivity contribution >= 4 is 23.5 Å². The van der Waals surface area contributed by atoms with Gasteiger partial charge < -0.3 is 29.4 Å². The molecule has 1 saturated heterocycles. The van der Waals surface area contributed by atoms with Crippen molar-refractivity contribution in [3.63, 3.8) is 0 Å². The van der Waals surface area contributed by atoms with E-state index in [1.54, 1.807) is 16.8 Å². The molecule has 1 aromatic rings. The molecule has 0 radical (unpaired) electrons. The summed E-state index contributed by atoms with van der Waals surface area (Å²) in [4.78, 5) is 63.9. The summed E-state index contributed by atoms with van der Waals surface area (Å²) in [6, 6.07) is 0. The van der Waals surface area contributed by atoms with E-state index in [0.29, 0.717) is 10.9 Å². The summed E-state index contributed by atoms with van der Waals surface area (Å²) in [6.45, 7) is -0.544. The fraction of sp³-hybridized carbons (Fsp3) is 0.583. The van der Waals surface area contributed by atoms with Crippen LogP contribution in [-0.4, -0.2) is 69.9 Å². The Bertz CT molecular complexity index is 1240. The average molecular weight is 557 g/mol. The minimum absolute atomic E-state index is 0.328. The number of aromatic amines is 1. The predicted molar refractivity (Wildman–Crippen MR) is 101 cm³/mol. The van der Waals surface area contributed by atoms with Crippen molar-refractivity contribution in [1.82, 2.24) is 14.5 Å². The van der Waals surface area contributed by atoms with Crippen molar-refractivity contribution in [1.29, 1.82) is 0 Å². The van der Waals surface area contributed by atoms with E-state index < -0.39 is 71.7 Å². The van der Waals surface area contributed by atoms with Gasteiger partial charge >= 0.3 is 34.8 Å². The average Bonchev–Trinajstić information content (AvgIpc) is 2.88. The van der Waals surface area contributed by atoms with Crippen LogP contribution in [0.25, 0.3) is 0 Å². The number of phosphoric ester groups is 1. The smallest absolute Gasteiger partial charge is 0.386 e. The maximum atomic E-state index is 15.6. The van der Waals surface area contributed by atoms with Crippen molar-refractivity contribution in [3.05, 3.63) is 27.3 Å². The lowest BCUT2D eigenvalue weighted by atomic mass is 9.94. The van der Waals surface area contributed by atoms with Gasteiger partial charge in [-0.05, 0) is 6.92 Å². The number of H-pyrrole nitrogens is 1. The van der Waals surface area contributed by atoms with Crippen LogP contribution in [-0.2, 0) is 31.6 Å². The number of aliphatic hydroxyl groups excluding tert-OH is 1. The van der Waals surface area contributed by atoms with Gasteiger partial charge in [0.15, 0.2) is 6.23 Å². The lowest BCUT2D eigenvalue weighted by molar-refractivity contribution is -0.0785. The van der Waals surface area contributed by atoms with Gasteiger partial charge in [0.25, 0.3) is 0 Å². The zero-order valence-corrected chi connectivity index (χ0v) is 19.2. The highest BCUT2D eigenvalue weighted by Crippen LogP contribution is 2.66. The molecule has 2 heterocycles. The molecule has 22 heteroatoms. The van der Waals surface area contributed by atoms with E-state index in [9.17, 15) is 42.6 Å². The van der Waals surface area contributed by atoms with Crippen LogP contribution in [0.2, 0.25) is 0 Å². The van der Waals surface area contributed by atoms with Gasteiger partial charge in [-0.3, -0.25) is 14.1 Å². The highest BCUT2D eigenvalue weighted by atomic mass is 31.3. The molecule has 1 aliphatic heterocycles. The number of alkyl halides is 2. The van der Waals surface area contributed by atoms with Crippen molar-refractivity contribution < 1.29 is 65.0 Å². The quantitative estimate of drug-likeness (QED) is 0.159. The van der Waals surface area contributed by atoms with Gasteiger partial charge in [-0.15, -0.1) is 0 Å². The number of halogens is 2. The largest absolute Gasteiger partial charge is 0.490 e. The van der Waals surface area contributed by atoms with Crippen molar-refractivity contribution in [3.8, 4) is 11.8 Å². The molecule has 0 saturated carbocycles. The molecular weight excluding hydrogens is 541 g/mol. The fourth-order valence-electron chi connectivity index (χ4n) is 2.74. The molecular formula is C12H16F2N3O14P3. The number of nitrogens with zero attached hydrogens (tertiary/aromatic N) is 2. The van der Waals surface area contributed by atoms with Gasteiger partial charge in [0.05, 0.1) is 6.10 Å². The summed E-state index contributed by atoms with van der Waals surface area (Å²) in [5.41, 5.74) is -5.70. The molecule has 0 bridgehead atoms. The Hall–Kier alpha value is -1.64. The number of aromatic nitrogens is 3. The Kier molecular flexibility index (Phi) is 8.54. The topological polar surface area (TPSA) is 257 Å². The molecule has 0 aromatic carbocycles. The maximum absolute atomic E-state index is 15.6. The zero-order valence-electron chi connectivity index (χ0n) is 16.5. The summed E-state index contributed by atoms with van der Waals surface area (Å²) >= 11 is 0. The Balaban J connectivity index is 2.35. The molecule has 192 valence electrons. The summed E-state index contributed by atoms with van der Waals surface area (Å²) in [6.07, 6.45) is -8.07. The van der Waals surface area contributed by atoms with Crippen molar-refractivity contribution in [2.75, 3.05) is 6.67 Å². The Morgan fingerprint density at radius 1 is 1.26 bits per heavy atom. The second-order valence-corrected chi connectivity index (χ2v) is 10.8. The van der Waals surface area contributed by atoms with Crippen LogP contribution in [0.4, 0.5) is 8.78 Å². The van der Waals surface area contributed by atoms with Crippen LogP contribution in [0.1, 0.15) is 13.2 Å². The number of hydrogen-bond donors (Lipinski definition) is 6. The molecule has 0 aliphatic carbocycles. The normalized spacial score (nSPS) is 29.5. The number of aliphatic hydroxyl groups is 1. The molecule has 2 rings (SSSR count). The first-order valence-electron chi connectivity index (χ1n) is 8.49. The molecule has 1 fully saturated rings.